The maximum absolute atomic E-state index is 12.1. The quantitative estimate of drug-likeness (QED) is 0.0700. The first-order valence-corrected chi connectivity index (χ1v) is 23.9. The van der Waals surface area contributed by atoms with Gasteiger partial charge in [0.15, 0.2) is 5.71 Å². The Labute approximate surface area is 333 Å². The van der Waals surface area contributed by atoms with Crippen LogP contribution in [0.1, 0.15) is 70.4 Å². The van der Waals surface area contributed by atoms with Crippen molar-refractivity contribution < 1.29 is 66.4 Å². The van der Waals surface area contributed by atoms with E-state index in [1.54, 1.807) is 60.1 Å². The van der Waals surface area contributed by atoms with Gasteiger partial charge in [0.25, 0.3) is 40.5 Å². The summed E-state index contributed by atoms with van der Waals surface area (Å²) in [6.45, 7) is 6.06. The van der Waals surface area contributed by atoms with Gasteiger partial charge in [-0.3, -0.25) is 23.0 Å². The summed E-state index contributed by atoms with van der Waals surface area (Å²) in [5.41, 5.74) is 1.63. The molecule has 16 nitrogen and oxygen atoms in total. The second-order valence-corrected chi connectivity index (χ2v) is 20.2. The van der Waals surface area contributed by atoms with Gasteiger partial charge in [-0.25, -0.2) is 0 Å². The topological polar surface area (TPSA) is 261 Å². The summed E-state index contributed by atoms with van der Waals surface area (Å²) in [4.78, 5) is 12.7. The number of likely N-dealkylation sites (N-methyl/N-ethyl adjacent to an activating group) is 1. The average Bonchev–Trinajstić information content (AvgIpc) is 3.45. The van der Waals surface area contributed by atoms with Gasteiger partial charge in [-0.2, -0.15) is 38.2 Å². The molecule has 4 rings (SSSR count). The maximum atomic E-state index is 12.1. The van der Waals surface area contributed by atoms with Crippen LogP contribution in [0.4, 0.5) is 11.4 Å². The van der Waals surface area contributed by atoms with E-state index in [9.17, 15) is 61.8 Å². The van der Waals surface area contributed by atoms with Crippen LogP contribution in [0.25, 0.3) is 0 Å². The molecule has 0 radical (unpaired) electrons. The minimum Gasteiger partial charge on any atom is -0.481 e. The Morgan fingerprint density at radius 1 is 0.719 bits per heavy atom. The number of allylic oxidation sites excluding steroid dienone is 8. The molecule has 57 heavy (non-hydrogen) atoms. The van der Waals surface area contributed by atoms with Crippen molar-refractivity contribution >= 4 is 63.5 Å². The number of rotatable bonds is 19. The minimum atomic E-state index is -4.61. The van der Waals surface area contributed by atoms with Crippen LogP contribution in [0.2, 0.25) is 0 Å². The molecule has 2 aliphatic rings. The molecule has 2 atom stereocenters. The molecule has 2 unspecified atom stereocenters. The van der Waals surface area contributed by atoms with Gasteiger partial charge in [-0.05, 0) is 88.4 Å². The van der Waals surface area contributed by atoms with E-state index in [1.165, 1.54) is 30.3 Å². The summed E-state index contributed by atoms with van der Waals surface area (Å²) in [6.07, 6.45) is 12.6. The highest BCUT2D eigenvalue weighted by Crippen LogP contribution is 2.51. The lowest BCUT2D eigenvalue weighted by Gasteiger charge is -2.30. The number of carboxylic acid groups (broad SMARTS) is 1. The molecule has 2 aromatic carbocycles. The largest absolute Gasteiger partial charge is 0.481 e. The van der Waals surface area contributed by atoms with E-state index in [-0.39, 0.29) is 54.9 Å². The van der Waals surface area contributed by atoms with Crippen molar-refractivity contribution in [3.05, 3.63) is 95.8 Å². The van der Waals surface area contributed by atoms with Gasteiger partial charge >= 0.3 is 5.97 Å². The Morgan fingerprint density at radius 3 is 1.84 bits per heavy atom. The van der Waals surface area contributed by atoms with Crippen molar-refractivity contribution in [2.24, 2.45) is 0 Å². The first kappa shape index (κ1) is 45.7. The fourth-order valence-electron chi connectivity index (χ4n) is 7.58. The molecule has 0 saturated carbocycles. The van der Waals surface area contributed by atoms with E-state index in [1.807, 2.05) is 18.7 Å². The Hall–Kier alpha value is -4.02. The number of aliphatic carboxylic acids is 1. The van der Waals surface area contributed by atoms with Crippen molar-refractivity contribution in [1.82, 2.24) is 0 Å². The molecule has 0 amide bonds. The number of hydrogen-bond acceptors (Lipinski definition) is 10. The second kappa shape index (κ2) is 17.5. The monoisotopic (exact) mass is 871 g/mol. The van der Waals surface area contributed by atoms with Crippen LogP contribution in [0.3, 0.4) is 0 Å². The van der Waals surface area contributed by atoms with Crippen molar-refractivity contribution in [3.63, 3.8) is 0 Å². The highest BCUT2D eigenvalue weighted by atomic mass is 32.2. The van der Waals surface area contributed by atoms with E-state index in [4.69, 9.17) is 0 Å². The Morgan fingerprint density at radius 2 is 1.26 bits per heavy atom. The molecule has 0 saturated heterocycles. The van der Waals surface area contributed by atoms with Crippen molar-refractivity contribution in [2.75, 3.05) is 29.5 Å². The van der Waals surface area contributed by atoms with Crippen molar-refractivity contribution in [2.45, 2.75) is 79.9 Å². The molecule has 2 aliphatic heterocycles. The zero-order valence-corrected chi connectivity index (χ0v) is 34.8. The zero-order chi connectivity index (χ0) is 42.6. The van der Waals surface area contributed by atoms with Gasteiger partial charge in [0.1, 0.15) is 6.54 Å². The fraction of sp³-hybridized carbons (Fsp3) is 0.405. The van der Waals surface area contributed by atoms with Gasteiger partial charge in [0.2, 0.25) is 5.69 Å². The summed E-state index contributed by atoms with van der Waals surface area (Å²) < 4.78 is 134. The molecule has 20 heteroatoms. The minimum absolute atomic E-state index is 0.00137. The van der Waals surface area contributed by atoms with Gasteiger partial charge in [-0.15, -0.1) is 0 Å². The van der Waals surface area contributed by atoms with E-state index >= 15 is 0 Å². The van der Waals surface area contributed by atoms with Crippen LogP contribution in [0.15, 0.2) is 94.4 Å². The van der Waals surface area contributed by atoms with Crippen LogP contribution < -0.4 is 4.90 Å². The molecule has 5 N–H and O–H groups in total. The number of hydrogen-bond donors (Lipinski definition) is 5. The smallest absolute Gasteiger partial charge is 0.303 e. The van der Waals surface area contributed by atoms with E-state index < -0.39 is 68.8 Å². The molecule has 0 bridgehead atoms. The van der Waals surface area contributed by atoms with Gasteiger partial charge in [-0.1, -0.05) is 30.4 Å². The molecule has 0 spiro atoms. The van der Waals surface area contributed by atoms with E-state index in [2.05, 4.69) is 0 Å². The molecule has 0 fully saturated rings. The summed E-state index contributed by atoms with van der Waals surface area (Å²) >= 11 is 0. The summed E-state index contributed by atoms with van der Waals surface area (Å²) in [7, 11) is -17.7. The van der Waals surface area contributed by atoms with Gasteiger partial charge in [0.05, 0.1) is 26.7 Å². The van der Waals surface area contributed by atoms with E-state index in [0.717, 1.165) is 0 Å². The Kier molecular flexibility index (Phi) is 14.0. The van der Waals surface area contributed by atoms with Crippen molar-refractivity contribution in [1.29, 1.82) is 0 Å². The first-order chi connectivity index (χ1) is 26.3. The third-order valence-electron chi connectivity index (χ3n) is 10.2. The summed E-state index contributed by atoms with van der Waals surface area (Å²) in [6, 6.07) is 8.22. The van der Waals surface area contributed by atoms with Gasteiger partial charge < -0.3 is 10.0 Å². The SMILES string of the molecule is CCN1C(=CC=CC=CC=CC2=[N+](CCCS(=O)(=O)O)c3ccc(S(=O)(=O)O)cc3C2(C)CCCC(=O)O)C(C)(CCCS(=O)(=O)O)c2cc(S(=O)(=O)O)ccc21. The van der Waals surface area contributed by atoms with Crippen LogP contribution in [-0.2, 0) is 56.1 Å². The number of anilines is 1. The lowest BCUT2D eigenvalue weighted by molar-refractivity contribution is -0.437. The van der Waals surface area contributed by atoms with Crippen LogP contribution in [0.5, 0.6) is 0 Å². The number of fused-ring (bicyclic) bond motifs is 2. The second-order valence-electron chi connectivity index (χ2n) is 14.2. The third-order valence-corrected chi connectivity index (χ3v) is 13.5. The van der Waals surface area contributed by atoms with Crippen molar-refractivity contribution in [3.8, 4) is 0 Å². The standard InChI is InChI=1S/C37H46N2O14S4/c1-4-38-31-18-16-27(56(48,49)50)25-29(31)37(3,21-11-23-54(42,43)44)33(38)13-8-6-5-7-9-14-34-36(2,20-10-15-35(40)41)30-26-28(57(51,52)53)17-19-32(30)39(34)22-12-24-55(45,46)47/h5-9,13-14,16-19,25-26H,4,10-12,15,20-24H2,1-3H3,(H4-,40,41,42,43,44,45,46,47,48,49,50,51,52,53)/p+1. The van der Waals surface area contributed by atoms with Crippen LogP contribution in [0, 0.1) is 0 Å². The number of benzene rings is 2. The fourth-order valence-corrected chi connectivity index (χ4v) is 9.60. The predicted molar refractivity (Wildman–Crippen MR) is 214 cm³/mol. The molecule has 0 aromatic heterocycles. The highest BCUT2D eigenvalue weighted by Gasteiger charge is 2.48. The molecule has 0 aliphatic carbocycles. The normalized spacial score (nSPS) is 21.1. The van der Waals surface area contributed by atoms with Crippen LogP contribution in [-0.4, -0.2) is 97.8 Å². The maximum Gasteiger partial charge on any atom is 0.303 e. The molecule has 312 valence electrons. The predicted octanol–water partition coefficient (Wildman–Crippen LogP) is 5.09. The Bertz CT molecular complexity index is 2510. The average molecular weight is 872 g/mol. The number of carbonyl (C=O) groups is 1. The van der Waals surface area contributed by atoms with Crippen LogP contribution >= 0.6 is 0 Å². The number of nitrogens with zero attached hydrogens (tertiary/aromatic N) is 2. The van der Waals surface area contributed by atoms with E-state index in [0.29, 0.717) is 40.5 Å². The molecular formula is C37H47N2O14S4+. The molecule has 2 aromatic rings. The molecular weight excluding hydrogens is 825 g/mol. The third kappa shape index (κ3) is 11.1. The first-order valence-electron chi connectivity index (χ1n) is 17.8. The lowest BCUT2D eigenvalue weighted by Crippen LogP contribution is -2.32. The lowest BCUT2D eigenvalue weighted by atomic mass is 9.75. The summed E-state index contributed by atoms with van der Waals surface area (Å²) in [5, 5.41) is 9.34. The zero-order valence-electron chi connectivity index (χ0n) is 31.5. The Balaban J connectivity index is 1.72. The number of carboxylic acids is 1. The highest BCUT2D eigenvalue weighted by molar-refractivity contribution is 7.86. The summed E-state index contributed by atoms with van der Waals surface area (Å²) in [5.74, 6) is -2.08. The molecule has 2 heterocycles. The van der Waals surface area contributed by atoms with Gasteiger partial charge in [0, 0.05) is 53.9 Å².